The molecule has 2 aromatic rings. The molecule has 1 N–H and O–H groups in total. The lowest BCUT2D eigenvalue weighted by Crippen LogP contribution is -2.46. The first-order valence-electron chi connectivity index (χ1n) is 10.2. The molecule has 0 spiro atoms. The van der Waals surface area contributed by atoms with Crippen molar-refractivity contribution in [1.82, 2.24) is 0 Å². The van der Waals surface area contributed by atoms with Gasteiger partial charge in [-0.2, -0.15) is 21.6 Å². The fraction of sp³-hybridized carbons (Fsp3) is 0.500. The molecule has 10 heteroatoms. The highest BCUT2D eigenvalue weighted by molar-refractivity contribution is 7.86. The largest absolute Gasteiger partial charge is 0.423 e. The van der Waals surface area contributed by atoms with Crippen molar-refractivity contribution < 1.29 is 30.6 Å². The van der Waals surface area contributed by atoms with E-state index in [4.69, 9.17) is 4.42 Å². The highest BCUT2D eigenvalue weighted by atomic mass is 32.2. The minimum absolute atomic E-state index is 0.189. The smallest absolute Gasteiger partial charge is 0.417 e. The third-order valence-electron chi connectivity index (χ3n) is 5.53. The molecule has 1 aromatic heterocycles. The van der Waals surface area contributed by atoms with Crippen molar-refractivity contribution in [3.8, 4) is 0 Å². The molecule has 32 heavy (non-hydrogen) atoms. The molecule has 1 aliphatic heterocycles. The third-order valence-corrected chi connectivity index (χ3v) is 6.20. The van der Waals surface area contributed by atoms with Gasteiger partial charge in [-0.05, 0) is 44.2 Å². The molecule has 6 nitrogen and oxygen atoms in total. The Bertz CT molecular complexity index is 1230. The lowest BCUT2D eigenvalue weighted by Gasteiger charge is -2.44. The van der Waals surface area contributed by atoms with Crippen molar-refractivity contribution in [2.24, 2.45) is 5.92 Å². The number of anilines is 1. The number of hydrogen-bond acceptors (Lipinski definition) is 5. The Morgan fingerprint density at radius 1 is 1.19 bits per heavy atom. The molecule has 2 heterocycles. The van der Waals surface area contributed by atoms with E-state index >= 15 is 0 Å². The van der Waals surface area contributed by atoms with Gasteiger partial charge in [0.2, 0.25) is 0 Å². The summed E-state index contributed by atoms with van der Waals surface area (Å²) >= 11 is 0. The fourth-order valence-corrected chi connectivity index (χ4v) is 4.82. The van der Waals surface area contributed by atoms with Gasteiger partial charge in [0, 0.05) is 35.3 Å². The predicted octanol–water partition coefficient (Wildman–Crippen LogP) is 5.12. The van der Waals surface area contributed by atoms with Crippen LogP contribution in [0.3, 0.4) is 0 Å². The number of rotatable bonds is 6. The zero-order valence-electron chi connectivity index (χ0n) is 18.3. The summed E-state index contributed by atoms with van der Waals surface area (Å²) in [5.41, 5.74) is -2.32. The lowest BCUT2D eigenvalue weighted by atomic mass is 9.87. The molecule has 1 aliphatic rings. The van der Waals surface area contributed by atoms with E-state index in [1.54, 1.807) is 6.08 Å². The second-order valence-electron chi connectivity index (χ2n) is 9.08. The van der Waals surface area contributed by atoms with Gasteiger partial charge in [0.15, 0.2) is 0 Å². The summed E-state index contributed by atoms with van der Waals surface area (Å²) < 4.78 is 78.6. The van der Waals surface area contributed by atoms with E-state index in [9.17, 15) is 30.9 Å². The van der Waals surface area contributed by atoms with Gasteiger partial charge >= 0.3 is 11.8 Å². The van der Waals surface area contributed by atoms with Gasteiger partial charge in [-0.15, -0.1) is 0 Å². The topological polar surface area (TPSA) is 87.8 Å². The molecule has 0 atom stereocenters. The van der Waals surface area contributed by atoms with Crippen LogP contribution in [0.5, 0.6) is 0 Å². The Balaban J connectivity index is 2.29. The van der Waals surface area contributed by atoms with E-state index in [1.807, 2.05) is 18.7 Å². The highest BCUT2D eigenvalue weighted by Gasteiger charge is 2.37. The number of benzene rings is 1. The number of fused-ring (bicyclic) bond motifs is 2. The Labute approximate surface area is 184 Å². The maximum absolute atomic E-state index is 13.6. The molecule has 0 fully saturated rings. The molecule has 0 radical (unpaired) electrons. The molecule has 0 saturated heterocycles. The van der Waals surface area contributed by atoms with E-state index in [0.29, 0.717) is 24.2 Å². The number of halogens is 3. The Morgan fingerprint density at radius 3 is 2.41 bits per heavy atom. The number of hydrogen-bond donors (Lipinski definition) is 1. The highest BCUT2D eigenvalue weighted by Crippen LogP contribution is 2.44. The number of alkyl halides is 3. The minimum Gasteiger partial charge on any atom is -0.423 e. The Hall–Kier alpha value is -2.33. The average molecular weight is 474 g/mol. The zero-order chi connectivity index (χ0) is 24.1. The van der Waals surface area contributed by atoms with Gasteiger partial charge in [-0.1, -0.05) is 19.9 Å². The molecular weight excluding hydrogens is 447 g/mol. The van der Waals surface area contributed by atoms with Crippen molar-refractivity contribution in [1.29, 1.82) is 0 Å². The first-order chi connectivity index (χ1) is 14.6. The van der Waals surface area contributed by atoms with Gasteiger partial charge in [-0.3, -0.25) is 4.55 Å². The van der Waals surface area contributed by atoms with Gasteiger partial charge in [0.1, 0.15) is 11.3 Å². The normalized spacial score (nSPS) is 16.4. The molecule has 1 aromatic carbocycles. The van der Waals surface area contributed by atoms with Crippen molar-refractivity contribution in [3.05, 3.63) is 45.8 Å². The third kappa shape index (κ3) is 5.17. The van der Waals surface area contributed by atoms with Gasteiger partial charge in [-0.25, -0.2) is 4.79 Å². The quantitative estimate of drug-likeness (QED) is 0.463. The van der Waals surface area contributed by atoms with Crippen molar-refractivity contribution in [2.45, 2.75) is 52.3 Å². The minimum atomic E-state index is -4.81. The first kappa shape index (κ1) is 24.3. The average Bonchev–Trinajstić information content (AvgIpc) is 2.59. The monoisotopic (exact) mass is 473 g/mol. The summed E-state index contributed by atoms with van der Waals surface area (Å²) in [5, 5.41) is -0.348. The maximum Gasteiger partial charge on any atom is 0.417 e. The standard InChI is InChI=1S/C22H26F3NO5S/c1-13(2)6-5-7-26-18-10-19-16(17(22(23,24)25)9-20(27)31-19)8-15(18)14(11-21(26,3)4)12-32(28,29)30/h8-11,13H,5-7,12H2,1-4H3,(H,28,29,30). The van der Waals surface area contributed by atoms with E-state index in [0.717, 1.165) is 12.8 Å². The molecule has 0 aliphatic carbocycles. The van der Waals surface area contributed by atoms with Crippen molar-refractivity contribution >= 4 is 32.3 Å². The second-order valence-corrected chi connectivity index (χ2v) is 10.5. The van der Waals surface area contributed by atoms with E-state index in [2.05, 4.69) is 13.8 Å². The molecule has 0 unspecified atom stereocenters. The summed E-state index contributed by atoms with van der Waals surface area (Å²) in [5.74, 6) is -0.288. The molecule has 176 valence electrons. The zero-order valence-corrected chi connectivity index (χ0v) is 19.1. The Kier molecular flexibility index (Phi) is 6.25. The fourth-order valence-electron chi connectivity index (χ4n) is 4.19. The van der Waals surface area contributed by atoms with Crippen LogP contribution in [-0.2, 0) is 16.3 Å². The van der Waals surface area contributed by atoms with Crippen LogP contribution in [0.2, 0.25) is 0 Å². The van der Waals surface area contributed by atoms with Crippen LogP contribution in [0.4, 0.5) is 18.9 Å². The van der Waals surface area contributed by atoms with E-state index in [-0.39, 0.29) is 22.1 Å². The van der Waals surface area contributed by atoms with Crippen LogP contribution in [0.1, 0.15) is 51.7 Å². The second kappa shape index (κ2) is 8.22. The SMILES string of the molecule is CC(C)CCCN1c2cc3oc(=O)cc(C(F)(F)F)c3cc2C(CS(=O)(=O)O)=CC1(C)C. The molecule has 0 amide bonds. The maximum atomic E-state index is 13.6. The molecule has 3 rings (SSSR count). The first-order valence-corrected chi connectivity index (χ1v) is 11.8. The van der Waals surface area contributed by atoms with Crippen LogP contribution in [0.25, 0.3) is 16.5 Å². The van der Waals surface area contributed by atoms with Gasteiger partial charge in [0.25, 0.3) is 10.1 Å². The lowest BCUT2D eigenvalue weighted by molar-refractivity contribution is -0.136. The van der Waals surface area contributed by atoms with Crippen LogP contribution in [0.15, 0.2) is 33.5 Å². The Morgan fingerprint density at radius 2 is 1.84 bits per heavy atom. The van der Waals surface area contributed by atoms with Crippen LogP contribution >= 0.6 is 0 Å². The number of nitrogens with zero attached hydrogens (tertiary/aromatic N) is 1. The summed E-state index contributed by atoms with van der Waals surface area (Å²) in [6.07, 6.45) is -1.44. The van der Waals surface area contributed by atoms with Crippen LogP contribution in [-0.4, -0.2) is 30.8 Å². The molecular formula is C22H26F3NO5S. The van der Waals surface area contributed by atoms with Crippen molar-refractivity contribution in [3.63, 3.8) is 0 Å². The summed E-state index contributed by atoms with van der Waals surface area (Å²) in [4.78, 5) is 13.8. The summed E-state index contributed by atoms with van der Waals surface area (Å²) in [6.45, 7) is 8.42. The predicted molar refractivity (Wildman–Crippen MR) is 117 cm³/mol. The van der Waals surface area contributed by atoms with Crippen molar-refractivity contribution in [2.75, 3.05) is 17.2 Å². The van der Waals surface area contributed by atoms with Gasteiger partial charge in [0.05, 0.1) is 11.1 Å². The van der Waals surface area contributed by atoms with Crippen LogP contribution in [0, 0.1) is 5.92 Å². The molecule has 0 bridgehead atoms. The van der Waals surface area contributed by atoms with Gasteiger partial charge < -0.3 is 9.32 Å². The van der Waals surface area contributed by atoms with Crippen LogP contribution < -0.4 is 10.5 Å². The van der Waals surface area contributed by atoms with E-state index < -0.39 is 38.8 Å². The summed E-state index contributed by atoms with van der Waals surface area (Å²) in [7, 11) is -4.44. The molecule has 0 saturated carbocycles. The van der Waals surface area contributed by atoms with E-state index in [1.165, 1.54) is 12.1 Å². The summed E-state index contributed by atoms with van der Waals surface area (Å²) in [6, 6.07) is 2.93.